The number of ether oxygens (including phenoxy) is 2. The van der Waals surface area contributed by atoms with Gasteiger partial charge in [-0.05, 0) is 110 Å². The maximum absolute atomic E-state index is 13.5. The van der Waals surface area contributed by atoms with Gasteiger partial charge in [0.05, 0.1) is 48.1 Å². The average molecular weight is 884 g/mol. The van der Waals surface area contributed by atoms with Crippen LogP contribution in [0.15, 0.2) is 97.1 Å². The van der Waals surface area contributed by atoms with Crippen LogP contribution in [-0.2, 0) is 41.4 Å². The molecule has 0 unspecified atom stereocenters. The lowest BCUT2D eigenvalue weighted by Gasteiger charge is -2.31. The third-order valence-electron chi connectivity index (χ3n) is 10.1. The normalized spacial score (nSPS) is 14.8. The zero-order valence-corrected chi connectivity index (χ0v) is 36.5. The number of aryl methyl sites for hydroxylation is 2. The van der Waals surface area contributed by atoms with Crippen molar-refractivity contribution in [2.24, 2.45) is 0 Å². The smallest absolute Gasteiger partial charge is 0.337 e. The van der Waals surface area contributed by atoms with Crippen molar-refractivity contribution in [2.45, 2.75) is 100 Å². The Bertz CT molecular complexity index is 2110. The Hall–Kier alpha value is -4.20. The monoisotopic (exact) mass is 882 g/mol. The number of hydrogen-bond donors (Lipinski definition) is 1. The van der Waals surface area contributed by atoms with Crippen LogP contribution in [0.4, 0.5) is 11.4 Å². The minimum atomic E-state index is -3.48. The van der Waals surface area contributed by atoms with Crippen LogP contribution in [0, 0.1) is 13.8 Å². The summed E-state index contributed by atoms with van der Waals surface area (Å²) in [6.07, 6.45) is 9.25. The molecule has 0 saturated heterocycles. The summed E-state index contributed by atoms with van der Waals surface area (Å²) in [7, 11) is -3.97. The Morgan fingerprint density at radius 1 is 0.649 bits per heavy atom. The predicted octanol–water partition coefficient (Wildman–Crippen LogP) is 9.89. The molecule has 57 heavy (non-hydrogen) atoms. The number of anilines is 2. The summed E-state index contributed by atoms with van der Waals surface area (Å²) in [4.78, 5) is 22.6. The molecule has 2 aliphatic rings. The quantitative estimate of drug-likeness (QED) is 0.116. The molecule has 0 amide bonds. The van der Waals surface area contributed by atoms with Crippen LogP contribution in [0.3, 0.4) is 0 Å². The van der Waals surface area contributed by atoms with E-state index in [9.17, 15) is 26.4 Å². The van der Waals surface area contributed by atoms with Crippen LogP contribution in [-0.4, -0.2) is 53.5 Å². The molecule has 6 rings (SSSR count). The summed E-state index contributed by atoms with van der Waals surface area (Å²) in [5, 5.41) is 0.252. The van der Waals surface area contributed by atoms with E-state index in [4.69, 9.17) is 4.74 Å². The van der Waals surface area contributed by atoms with E-state index in [0.29, 0.717) is 35.3 Å². The first-order chi connectivity index (χ1) is 27.3. The van der Waals surface area contributed by atoms with Crippen molar-refractivity contribution in [2.75, 3.05) is 23.2 Å². The average Bonchev–Trinajstić information content (AvgIpc) is 3.23. The fraction of sp³-hybridized carbons (Fsp3) is 0.409. The number of halogens is 1. The first kappa shape index (κ1) is 45.5. The van der Waals surface area contributed by atoms with Crippen molar-refractivity contribution in [3.05, 3.63) is 130 Å². The number of methoxy groups -OCH3 is 2. The van der Waals surface area contributed by atoms with E-state index < -0.39 is 26.0 Å². The van der Waals surface area contributed by atoms with Crippen LogP contribution < -0.4 is 9.03 Å². The van der Waals surface area contributed by atoms with Crippen LogP contribution in [0.2, 0.25) is 0 Å². The molecule has 2 fully saturated rings. The zero-order valence-electron chi connectivity index (χ0n) is 33.3. The number of nitrogens with one attached hydrogen (secondary N) is 1. The first-order valence-electron chi connectivity index (χ1n) is 19.3. The lowest BCUT2D eigenvalue weighted by molar-refractivity contribution is 0.0592. The Morgan fingerprint density at radius 3 is 1.60 bits per heavy atom. The fourth-order valence-corrected chi connectivity index (χ4v) is 10.8. The zero-order chi connectivity index (χ0) is 41.4. The van der Waals surface area contributed by atoms with Crippen molar-refractivity contribution in [3.8, 4) is 0 Å². The Morgan fingerprint density at radius 2 is 1.12 bits per heavy atom. The van der Waals surface area contributed by atoms with Gasteiger partial charge in [0.1, 0.15) is 0 Å². The van der Waals surface area contributed by atoms with E-state index in [-0.39, 0.29) is 23.0 Å². The van der Waals surface area contributed by atoms with Crippen molar-refractivity contribution < 1.29 is 35.9 Å². The third kappa shape index (κ3) is 13.7. The first-order valence-corrected chi connectivity index (χ1v) is 23.5. The summed E-state index contributed by atoms with van der Waals surface area (Å²) >= 11 is 3.32. The SMILES string of the molecule is COC(=O)c1ccc(CBr)cc1.COC(=O)c1ccc(CN(c2cccc(C)c2)S(=O)(=O)C2CCCCC2)cc1.Cc1cccc(NS(=O)(=O)C2CCCCC2)c1. The van der Waals surface area contributed by atoms with Gasteiger partial charge in [0.25, 0.3) is 0 Å². The number of carbonyl (C=O) groups is 2. The molecule has 10 nitrogen and oxygen atoms in total. The molecule has 13 heteroatoms. The highest BCUT2D eigenvalue weighted by molar-refractivity contribution is 9.08. The summed E-state index contributed by atoms with van der Waals surface area (Å²) in [6.45, 7) is 4.15. The van der Waals surface area contributed by atoms with Gasteiger partial charge in [0, 0.05) is 11.0 Å². The summed E-state index contributed by atoms with van der Waals surface area (Å²) in [5.74, 6) is -0.701. The lowest BCUT2D eigenvalue weighted by Crippen LogP contribution is -2.39. The Labute approximate surface area is 347 Å². The van der Waals surface area contributed by atoms with Gasteiger partial charge < -0.3 is 9.47 Å². The maximum Gasteiger partial charge on any atom is 0.337 e. The van der Waals surface area contributed by atoms with E-state index in [1.807, 2.05) is 68.4 Å². The topological polar surface area (TPSA) is 136 Å². The molecule has 1 N–H and O–H groups in total. The van der Waals surface area contributed by atoms with E-state index in [1.165, 1.54) is 18.5 Å². The maximum atomic E-state index is 13.5. The minimum absolute atomic E-state index is 0.211. The van der Waals surface area contributed by atoms with Crippen LogP contribution in [0.5, 0.6) is 0 Å². The molecule has 4 aromatic rings. The van der Waals surface area contributed by atoms with Gasteiger partial charge in [-0.3, -0.25) is 9.03 Å². The van der Waals surface area contributed by atoms with Crippen LogP contribution >= 0.6 is 15.9 Å². The number of carbonyl (C=O) groups excluding carboxylic acids is 2. The molecular weight excluding hydrogens is 829 g/mol. The number of rotatable bonds is 11. The van der Waals surface area contributed by atoms with Crippen molar-refractivity contribution in [3.63, 3.8) is 0 Å². The molecule has 0 bridgehead atoms. The molecule has 2 aliphatic carbocycles. The van der Waals surface area contributed by atoms with Gasteiger partial charge >= 0.3 is 11.9 Å². The largest absolute Gasteiger partial charge is 0.465 e. The molecule has 2 saturated carbocycles. The molecule has 308 valence electrons. The fourth-order valence-electron chi connectivity index (χ4n) is 6.86. The number of alkyl halides is 1. The number of nitrogens with zero attached hydrogens (tertiary/aromatic N) is 1. The lowest BCUT2D eigenvalue weighted by atomic mass is 10.0. The highest BCUT2D eigenvalue weighted by Gasteiger charge is 2.33. The Kier molecular flexibility index (Phi) is 17.6. The van der Waals surface area contributed by atoms with Crippen molar-refractivity contribution in [1.82, 2.24) is 0 Å². The second kappa shape index (κ2) is 22.1. The highest BCUT2D eigenvalue weighted by Crippen LogP contribution is 2.31. The molecular formula is C44H55BrN2O8S2. The van der Waals surface area contributed by atoms with Crippen molar-refractivity contribution >= 4 is 59.3 Å². The van der Waals surface area contributed by atoms with E-state index in [1.54, 1.807) is 42.5 Å². The van der Waals surface area contributed by atoms with E-state index >= 15 is 0 Å². The van der Waals surface area contributed by atoms with Gasteiger partial charge in [0.15, 0.2) is 0 Å². The summed E-state index contributed by atoms with van der Waals surface area (Å²) < 4.78 is 64.8. The molecule has 0 heterocycles. The van der Waals surface area contributed by atoms with Gasteiger partial charge in [0.2, 0.25) is 20.0 Å². The molecule has 0 radical (unpaired) electrons. The summed E-state index contributed by atoms with van der Waals surface area (Å²) in [6, 6.07) is 29.3. The molecule has 4 aromatic carbocycles. The van der Waals surface area contributed by atoms with E-state index in [0.717, 1.165) is 79.0 Å². The standard InChI is InChI=1S/C22H27NO4S.C13H19NO2S.C9H9BrO2/c1-17-7-6-8-20(15-17)23(28(25,26)21-9-4-3-5-10-21)16-18-11-13-19(14-12-18)22(24)27-2;1-11-6-5-7-12(10-11)14-17(15,16)13-8-3-2-4-9-13;1-12-9(11)8-4-2-7(6-10)3-5-8/h6-8,11-15,21H,3-5,9-10,16H2,1-2H3;5-7,10,13-14H,2-4,8-9H2,1H3;2-5H,6H2,1H3. The Balaban J connectivity index is 0.000000210. The predicted molar refractivity (Wildman–Crippen MR) is 232 cm³/mol. The number of sulfonamides is 2. The van der Waals surface area contributed by atoms with E-state index in [2.05, 4.69) is 25.4 Å². The van der Waals surface area contributed by atoms with Gasteiger partial charge in [-0.1, -0.05) is 103 Å². The number of benzene rings is 4. The molecule has 0 spiro atoms. The number of esters is 2. The summed E-state index contributed by atoms with van der Waals surface area (Å²) in [5.41, 5.74) is 6.44. The van der Waals surface area contributed by atoms with Gasteiger partial charge in [-0.25, -0.2) is 26.4 Å². The number of hydrogen-bond acceptors (Lipinski definition) is 8. The second-order valence-corrected chi connectivity index (χ2v) is 19.1. The van der Waals surface area contributed by atoms with Crippen LogP contribution in [0.1, 0.15) is 107 Å². The highest BCUT2D eigenvalue weighted by atomic mass is 79.9. The second-order valence-electron chi connectivity index (χ2n) is 14.4. The van der Waals surface area contributed by atoms with Crippen LogP contribution in [0.25, 0.3) is 0 Å². The van der Waals surface area contributed by atoms with Gasteiger partial charge in [-0.2, -0.15) is 0 Å². The molecule has 0 atom stereocenters. The minimum Gasteiger partial charge on any atom is -0.465 e. The molecule has 0 aliphatic heterocycles. The molecule has 0 aromatic heterocycles. The third-order valence-corrected chi connectivity index (χ3v) is 14.9. The van der Waals surface area contributed by atoms with Crippen molar-refractivity contribution in [1.29, 1.82) is 0 Å². The van der Waals surface area contributed by atoms with Gasteiger partial charge in [-0.15, -0.1) is 0 Å².